The summed E-state index contributed by atoms with van der Waals surface area (Å²) in [5, 5.41) is 12.8. The van der Waals surface area contributed by atoms with E-state index in [1.807, 2.05) is 30.9 Å². The van der Waals surface area contributed by atoms with Crippen LogP contribution in [0.1, 0.15) is 78.7 Å². The molecular weight excluding hydrogens is 428 g/mol. The smallest absolute Gasteiger partial charge is 0.309 e. The van der Waals surface area contributed by atoms with Crippen molar-refractivity contribution in [2.45, 2.75) is 78.7 Å². The minimum atomic E-state index is -0.961. The fraction of sp³-hybridized carbons (Fsp3) is 0.640. The summed E-state index contributed by atoms with van der Waals surface area (Å²) >= 11 is 6.03. The van der Waals surface area contributed by atoms with Crippen molar-refractivity contribution < 1.29 is 19.5 Å². The van der Waals surface area contributed by atoms with Gasteiger partial charge in [0.15, 0.2) is 0 Å². The summed E-state index contributed by atoms with van der Waals surface area (Å²) < 4.78 is 0. The van der Waals surface area contributed by atoms with Crippen molar-refractivity contribution in [2.75, 3.05) is 13.1 Å². The molecule has 32 heavy (non-hydrogen) atoms. The number of aliphatic carboxylic acids is 1. The Labute approximate surface area is 196 Å². The van der Waals surface area contributed by atoms with Crippen LogP contribution in [0.25, 0.3) is 0 Å². The molecule has 1 aliphatic rings. The lowest BCUT2D eigenvalue weighted by molar-refractivity contribution is -0.147. The monoisotopic (exact) mass is 464 g/mol. The number of nitrogens with zero attached hydrogens (tertiary/aromatic N) is 1. The number of hydrogen-bond donors (Lipinski definition) is 2. The first-order chi connectivity index (χ1) is 14.6. The maximum atomic E-state index is 13.1. The number of carbonyl (C=O) groups excluding carboxylic acids is 2. The second-order valence-corrected chi connectivity index (χ2v) is 11.4. The molecule has 0 bridgehead atoms. The molecule has 1 fully saturated rings. The summed E-state index contributed by atoms with van der Waals surface area (Å²) in [6.45, 7) is 12.6. The Balaban J connectivity index is 1.93. The molecule has 7 heteroatoms. The van der Waals surface area contributed by atoms with Gasteiger partial charge in [0.25, 0.3) is 0 Å². The average molecular weight is 465 g/mol. The molecule has 6 nitrogen and oxygen atoms in total. The standard InChI is InChI=1S/C25H37ClN2O4/c1-23(2,22(31)32)13-11-20(29)27-25(5,6)15-21(30)28-14-12-19(24(3,4)16-28)17-7-9-18(26)10-8-17/h7-10,19H,11-16H2,1-6H3,(H,27,29)(H,31,32). The first-order valence-electron chi connectivity index (χ1n) is 11.2. The molecule has 1 saturated heterocycles. The van der Waals surface area contributed by atoms with Gasteiger partial charge in [-0.1, -0.05) is 37.6 Å². The van der Waals surface area contributed by atoms with Crippen LogP contribution in [-0.4, -0.2) is 46.4 Å². The number of nitrogens with one attached hydrogen (secondary N) is 1. The summed E-state index contributed by atoms with van der Waals surface area (Å²) in [4.78, 5) is 38.6. The lowest BCUT2D eigenvalue weighted by atomic mass is 9.70. The topological polar surface area (TPSA) is 86.7 Å². The van der Waals surface area contributed by atoms with Gasteiger partial charge in [-0.3, -0.25) is 14.4 Å². The van der Waals surface area contributed by atoms with Gasteiger partial charge in [-0.2, -0.15) is 0 Å². The predicted molar refractivity (Wildman–Crippen MR) is 127 cm³/mol. The largest absolute Gasteiger partial charge is 0.481 e. The van der Waals surface area contributed by atoms with E-state index in [0.717, 1.165) is 11.4 Å². The van der Waals surface area contributed by atoms with Crippen LogP contribution in [-0.2, 0) is 14.4 Å². The van der Waals surface area contributed by atoms with E-state index < -0.39 is 16.9 Å². The van der Waals surface area contributed by atoms with E-state index in [1.54, 1.807) is 13.8 Å². The molecule has 1 aromatic rings. The molecule has 1 unspecified atom stereocenters. The van der Waals surface area contributed by atoms with Gasteiger partial charge in [-0.05, 0) is 69.6 Å². The van der Waals surface area contributed by atoms with Gasteiger partial charge in [-0.15, -0.1) is 0 Å². The van der Waals surface area contributed by atoms with E-state index in [4.69, 9.17) is 11.6 Å². The highest BCUT2D eigenvalue weighted by molar-refractivity contribution is 6.30. The second-order valence-electron chi connectivity index (χ2n) is 11.0. The molecule has 0 radical (unpaired) electrons. The van der Waals surface area contributed by atoms with Crippen molar-refractivity contribution in [3.8, 4) is 0 Å². The molecule has 0 spiro atoms. The number of carboxylic acid groups (broad SMARTS) is 1. The van der Waals surface area contributed by atoms with E-state index >= 15 is 0 Å². The van der Waals surface area contributed by atoms with Crippen LogP contribution in [0.4, 0.5) is 0 Å². The molecule has 2 amide bonds. The summed E-state index contributed by atoms with van der Waals surface area (Å²) in [7, 11) is 0. The zero-order valence-corrected chi connectivity index (χ0v) is 20.9. The number of carboxylic acids is 1. The molecule has 0 aromatic heterocycles. The SMILES string of the molecule is CC(C)(CC(=O)N1CCC(c2ccc(Cl)cc2)C(C)(C)C1)NC(=O)CCC(C)(C)C(=O)O. The minimum absolute atomic E-state index is 0.0174. The molecule has 2 rings (SSSR count). The van der Waals surface area contributed by atoms with Gasteiger partial charge in [0.1, 0.15) is 0 Å². The summed E-state index contributed by atoms with van der Waals surface area (Å²) in [5.41, 5.74) is -0.517. The van der Waals surface area contributed by atoms with Gasteiger partial charge in [0.2, 0.25) is 11.8 Å². The van der Waals surface area contributed by atoms with Crippen LogP contribution in [0.3, 0.4) is 0 Å². The highest BCUT2D eigenvalue weighted by Crippen LogP contribution is 2.42. The number of benzene rings is 1. The second kappa shape index (κ2) is 9.82. The van der Waals surface area contributed by atoms with Crippen molar-refractivity contribution >= 4 is 29.4 Å². The molecule has 0 saturated carbocycles. The lowest BCUT2D eigenvalue weighted by Gasteiger charge is -2.45. The Morgan fingerprint density at radius 2 is 1.75 bits per heavy atom. The van der Waals surface area contributed by atoms with Crippen LogP contribution in [0.5, 0.6) is 0 Å². The van der Waals surface area contributed by atoms with Gasteiger partial charge in [0.05, 0.1) is 5.41 Å². The van der Waals surface area contributed by atoms with Crippen molar-refractivity contribution in [1.82, 2.24) is 10.2 Å². The van der Waals surface area contributed by atoms with E-state index in [-0.39, 0.29) is 36.5 Å². The number of carbonyl (C=O) groups is 3. The number of piperidine rings is 1. The van der Waals surface area contributed by atoms with Crippen LogP contribution >= 0.6 is 11.6 Å². The molecular formula is C25H37ClN2O4. The number of halogens is 1. The first kappa shape index (κ1) is 26.2. The zero-order valence-electron chi connectivity index (χ0n) is 20.1. The Morgan fingerprint density at radius 3 is 2.28 bits per heavy atom. The number of rotatable bonds is 8. The molecule has 1 aromatic carbocycles. The Bertz CT molecular complexity index is 846. The van der Waals surface area contributed by atoms with E-state index in [9.17, 15) is 19.5 Å². The molecule has 1 atom stereocenters. The van der Waals surface area contributed by atoms with Gasteiger partial charge in [-0.25, -0.2) is 0 Å². The third-order valence-electron chi connectivity index (χ3n) is 6.48. The quantitative estimate of drug-likeness (QED) is 0.575. The molecule has 2 N–H and O–H groups in total. The summed E-state index contributed by atoms with van der Waals surface area (Å²) in [6.07, 6.45) is 1.42. The van der Waals surface area contributed by atoms with E-state index in [1.165, 1.54) is 5.56 Å². The van der Waals surface area contributed by atoms with Crippen molar-refractivity contribution in [1.29, 1.82) is 0 Å². The van der Waals surface area contributed by atoms with Gasteiger partial charge < -0.3 is 15.3 Å². The highest BCUT2D eigenvalue weighted by atomic mass is 35.5. The van der Waals surface area contributed by atoms with E-state index in [2.05, 4.69) is 31.3 Å². The Morgan fingerprint density at radius 1 is 1.16 bits per heavy atom. The number of hydrogen-bond acceptors (Lipinski definition) is 3. The lowest BCUT2D eigenvalue weighted by Crippen LogP contribution is -2.51. The predicted octanol–water partition coefficient (Wildman–Crippen LogP) is 4.86. The Hall–Kier alpha value is -2.08. The van der Waals surface area contributed by atoms with Crippen molar-refractivity contribution in [3.63, 3.8) is 0 Å². The molecule has 0 aliphatic carbocycles. The first-order valence-corrected chi connectivity index (χ1v) is 11.6. The van der Waals surface area contributed by atoms with Crippen molar-refractivity contribution in [2.24, 2.45) is 10.8 Å². The summed E-state index contributed by atoms with van der Waals surface area (Å²) in [5.74, 6) is -0.804. The van der Waals surface area contributed by atoms with Crippen LogP contribution in [0, 0.1) is 10.8 Å². The Kier molecular flexibility index (Phi) is 8.03. The minimum Gasteiger partial charge on any atom is -0.481 e. The third kappa shape index (κ3) is 6.96. The number of amides is 2. The summed E-state index contributed by atoms with van der Waals surface area (Å²) in [6, 6.07) is 7.95. The fourth-order valence-electron chi connectivity index (χ4n) is 4.39. The van der Waals surface area contributed by atoms with Gasteiger partial charge >= 0.3 is 5.97 Å². The van der Waals surface area contributed by atoms with Crippen LogP contribution < -0.4 is 5.32 Å². The molecule has 178 valence electrons. The molecule has 1 heterocycles. The maximum Gasteiger partial charge on any atom is 0.309 e. The average Bonchev–Trinajstić information content (AvgIpc) is 2.65. The highest BCUT2D eigenvalue weighted by Gasteiger charge is 2.39. The third-order valence-corrected chi connectivity index (χ3v) is 6.73. The normalized spacial score (nSPS) is 18.8. The van der Waals surface area contributed by atoms with Crippen LogP contribution in [0.2, 0.25) is 5.02 Å². The maximum absolute atomic E-state index is 13.1. The zero-order chi connectivity index (χ0) is 24.3. The number of likely N-dealkylation sites (tertiary alicyclic amines) is 1. The fourth-order valence-corrected chi connectivity index (χ4v) is 4.52. The van der Waals surface area contributed by atoms with Gasteiger partial charge in [0, 0.05) is 36.5 Å². The van der Waals surface area contributed by atoms with Crippen LogP contribution in [0.15, 0.2) is 24.3 Å². The van der Waals surface area contributed by atoms with E-state index in [0.29, 0.717) is 19.0 Å². The van der Waals surface area contributed by atoms with Crippen molar-refractivity contribution in [3.05, 3.63) is 34.9 Å². The molecule has 1 aliphatic heterocycles.